The monoisotopic (exact) mass is 544 g/mol. The van der Waals surface area contributed by atoms with E-state index in [1.54, 1.807) is 0 Å². The lowest BCUT2D eigenvalue weighted by Crippen LogP contribution is -2.66. The second kappa shape index (κ2) is 8.88. The highest BCUT2D eigenvalue weighted by molar-refractivity contribution is 5.81. The topological polar surface area (TPSA) is 58.2 Å². The quantitative estimate of drug-likeness (QED) is 0.442. The molecule has 38 heavy (non-hydrogen) atoms. The molecule has 0 bridgehead atoms. The third kappa shape index (κ3) is 3.86. The average Bonchev–Trinajstić information content (AvgIpc) is 3.19. The molecule has 10 heteroatoms. The molecule has 1 saturated heterocycles. The van der Waals surface area contributed by atoms with Crippen molar-refractivity contribution in [2.75, 3.05) is 0 Å². The lowest BCUT2D eigenvalue weighted by atomic mass is 9.47. The third-order valence-corrected chi connectivity index (χ3v) is 10.8. The van der Waals surface area contributed by atoms with E-state index in [0.29, 0.717) is 25.2 Å². The SMILES string of the molecule is C[C@]12CCC3C(CC[C@H]4NC(=O)CC[C@]34C)C1CC[C@@H]2C(=O)NC(c1ccccc1)(C(F)(F)F)C(F)(F)F. The Balaban J connectivity index is 1.44. The maximum absolute atomic E-state index is 14.3. The van der Waals surface area contributed by atoms with Gasteiger partial charge in [0.05, 0.1) is 0 Å². The van der Waals surface area contributed by atoms with Crippen molar-refractivity contribution >= 4 is 11.8 Å². The zero-order valence-corrected chi connectivity index (χ0v) is 21.5. The van der Waals surface area contributed by atoms with Crippen molar-refractivity contribution in [2.45, 2.75) is 89.1 Å². The number of amides is 2. The predicted molar refractivity (Wildman–Crippen MR) is 127 cm³/mol. The number of fused-ring (bicyclic) bond motifs is 5. The Morgan fingerprint density at radius 2 is 1.50 bits per heavy atom. The minimum atomic E-state index is -5.79. The fourth-order valence-corrected chi connectivity index (χ4v) is 8.79. The van der Waals surface area contributed by atoms with Gasteiger partial charge in [-0.15, -0.1) is 0 Å². The summed E-state index contributed by atoms with van der Waals surface area (Å²) in [4.78, 5) is 25.5. The second-order valence-electron chi connectivity index (χ2n) is 12.4. The van der Waals surface area contributed by atoms with Gasteiger partial charge in [0.2, 0.25) is 11.8 Å². The van der Waals surface area contributed by atoms with Crippen molar-refractivity contribution in [3.63, 3.8) is 0 Å². The Bertz CT molecular complexity index is 1080. The normalized spacial score (nSPS) is 37.5. The molecule has 0 spiro atoms. The van der Waals surface area contributed by atoms with Crippen LogP contribution in [0.3, 0.4) is 0 Å². The summed E-state index contributed by atoms with van der Waals surface area (Å²) in [7, 11) is 0. The number of piperidine rings is 1. The van der Waals surface area contributed by atoms with Gasteiger partial charge in [-0.25, -0.2) is 0 Å². The molecule has 1 aromatic carbocycles. The Hall–Kier alpha value is -2.26. The summed E-state index contributed by atoms with van der Waals surface area (Å²) in [5.41, 5.74) is -6.32. The van der Waals surface area contributed by atoms with Crippen molar-refractivity contribution in [2.24, 2.45) is 34.5 Å². The van der Waals surface area contributed by atoms with Gasteiger partial charge in [0, 0.05) is 18.4 Å². The highest BCUT2D eigenvalue weighted by Crippen LogP contribution is 2.66. The van der Waals surface area contributed by atoms with Gasteiger partial charge in [-0.1, -0.05) is 44.2 Å². The fourth-order valence-electron chi connectivity index (χ4n) is 8.79. The van der Waals surface area contributed by atoms with E-state index in [4.69, 9.17) is 0 Å². The first-order valence-corrected chi connectivity index (χ1v) is 13.5. The maximum atomic E-state index is 14.3. The molecule has 4 fully saturated rings. The molecule has 0 aromatic heterocycles. The van der Waals surface area contributed by atoms with Gasteiger partial charge in [0.1, 0.15) is 0 Å². The van der Waals surface area contributed by atoms with E-state index >= 15 is 0 Å². The van der Waals surface area contributed by atoms with Crippen LogP contribution in [0.1, 0.15) is 70.8 Å². The third-order valence-electron chi connectivity index (χ3n) is 10.8. The van der Waals surface area contributed by atoms with Gasteiger partial charge >= 0.3 is 12.4 Å². The van der Waals surface area contributed by atoms with Crippen LogP contribution < -0.4 is 10.6 Å². The Morgan fingerprint density at radius 1 is 0.868 bits per heavy atom. The van der Waals surface area contributed by atoms with E-state index in [9.17, 15) is 35.9 Å². The number of rotatable bonds is 3. The van der Waals surface area contributed by atoms with Gasteiger partial charge in [-0.2, -0.15) is 26.3 Å². The first-order valence-electron chi connectivity index (χ1n) is 13.5. The molecule has 0 radical (unpaired) electrons. The molecule has 5 rings (SSSR count). The first-order chi connectivity index (χ1) is 17.6. The molecule has 1 heterocycles. The molecule has 7 atom stereocenters. The highest BCUT2D eigenvalue weighted by atomic mass is 19.4. The van der Waals surface area contributed by atoms with E-state index in [1.165, 1.54) is 11.4 Å². The molecule has 3 saturated carbocycles. The van der Waals surface area contributed by atoms with Gasteiger partial charge in [-0.3, -0.25) is 9.59 Å². The van der Waals surface area contributed by atoms with Gasteiger partial charge in [0.25, 0.3) is 5.54 Å². The largest absolute Gasteiger partial charge is 0.424 e. The standard InChI is InChI=1S/C28H34F6N2O2/c1-24-14-12-19-17(8-11-21-25(19,2)15-13-22(37)35-21)18(24)9-10-20(24)23(38)36-26(27(29,30)31,28(32,33)34)16-6-4-3-5-7-16/h3-7,17-21H,8-15H2,1-2H3,(H,35,37)(H,36,38)/t17?,18?,19?,20-,21-,24+,25-/m1/s1. The summed E-state index contributed by atoms with van der Waals surface area (Å²) in [6.07, 6.45) is -6.57. The summed E-state index contributed by atoms with van der Waals surface area (Å²) < 4.78 is 85.9. The van der Waals surface area contributed by atoms with Crippen molar-refractivity contribution in [3.8, 4) is 0 Å². The Morgan fingerprint density at radius 3 is 2.13 bits per heavy atom. The predicted octanol–water partition coefficient (Wildman–Crippen LogP) is 6.26. The van der Waals surface area contributed by atoms with Crippen molar-refractivity contribution in [3.05, 3.63) is 35.9 Å². The van der Waals surface area contributed by atoms with Crippen LogP contribution in [-0.2, 0) is 15.1 Å². The molecule has 1 aromatic rings. The number of hydrogen-bond acceptors (Lipinski definition) is 2. The van der Waals surface area contributed by atoms with E-state index in [0.717, 1.165) is 49.9 Å². The van der Waals surface area contributed by atoms with Gasteiger partial charge in [-0.05, 0) is 79.1 Å². The zero-order chi connectivity index (χ0) is 27.7. The second-order valence-corrected chi connectivity index (χ2v) is 12.4. The Labute approximate surface area is 218 Å². The first kappa shape index (κ1) is 27.3. The fraction of sp³-hybridized carbons (Fsp3) is 0.714. The summed E-state index contributed by atoms with van der Waals surface area (Å²) in [6, 6.07) is 5.14. The summed E-state index contributed by atoms with van der Waals surface area (Å²) in [6.45, 7) is 4.09. The van der Waals surface area contributed by atoms with Crippen molar-refractivity contribution in [1.29, 1.82) is 0 Å². The average molecular weight is 545 g/mol. The number of alkyl halides is 6. The Kier molecular flexibility index (Phi) is 6.38. The van der Waals surface area contributed by atoms with Crippen LogP contribution in [0, 0.1) is 34.5 Å². The van der Waals surface area contributed by atoms with Crippen molar-refractivity contribution < 1.29 is 35.9 Å². The van der Waals surface area contributed by atoms with Crippen LogP contribution in [0.25, 0.3) is 0 Å². The molecule has 4 nitrogen and oxygen atoms in total. The number of carbonyl (C=O) groups excluding carboxylic acids is 2. The zero-order valence-electron chi connectivity index (χ0n) is 21.5. The number of halogens is 6. The van der Waals surface area contributed by atoms with Crippen LogP contribution in [0.15, 0.2) is 30.3 Å². The minimum absolute atomic E-state index is 0.0373. The maximum Gasteiger partial charge on any atom is 0.424 e. The van der Waals surface area contributed by atoms with Crippen LogP contribution >= 0.6 is 0 Å². The lowest BCUT2D eigenvalue weighted by Gasteiger charge is -2.60. The van der Waals surface area contributed by atoms with Crippen LogP contribution in [0.2, 0.25) is 0 Å². The molecular weight excluding hydrogens is 510 g/mol. The summed E-state index contributed by atoms with van der Waals surface area (Å²) in [5.74, 6) is -1.51. The van der Waals surface area contributed by atoms with Gasteiger partial charge in [0.15, 0.2) is 0 Å². The number of benzene rings is 1. The van der Waals surface area contributed by atoms with Crippen LogP contribution in [0.4, 0.5) is 26.3 Å². The van der Waals surface area contributed by atoms with Gasteiger partial charge < -0.3 is 10.6 Å². The molecule has 1 aliphatic heterocycles. The van der Waals surface area contributed by atoms with E-state index in [-0.39, 0.29) is 35.6 Å². The van der Waals surface area contributed by atoms with E-state index < -0.39 is 40.7 Å². The number of carbonyl (C=O) groups is 2. The molecular formula is C28H34F6N2O2. The smallest absolute Gasteiger partial charge is 0.353 e. The molecule has 3 aliphatic carbocycles. The van der Waals surface area contributed by atoms with E-state index in [2.05, 4.69) is 12.2 Å². The van der Waals surface area contributed by atoms with E-state index in [1.807, 2.05) is 6.92 Å². The summed E-state index contributed by atoms with van der Waals surface area (Å²) in [5, 5.41) is 4.66. The van der Waals surface area contributed by atoms with Crippen molar-refractivity contribution in [1.82, 2.24) is 10.6 Å². The molecule has 3 unspecified atom stereocenters. The van der Waals surface area contributed by atoms with Crippen LogP contribution in [0.5, 0.6) is 0 Å². The molecule has 2 N–H and O–H groups in total. The number of nitrogens with one attached hydrogen (secondary N) is 2. The molecule has 2 amide bonds. The minimum Gasteiger partial charge on any atom is -0.353 e. The molecule has 4 aliphatic rings. The van der Waals surface area contributed by atoms with Crippen LogP contribution in [-0.4, -0.2) is 30.2 Å². The highest BCUT2D eigenvalue weighted by Gasteiger charge is 2.73. The number of hydrogen-bond donors (Lipinski definition) is 2. The lowest BCUT2D eigenvalue weighted by molar-refractivity contribution is -0.312. The molecule has 210 valence electrons. The summed E-state index contributed by atoms with van der Waals surface area (Å²) >= 11 is 0.